The van der Waals surface area contributed by atoms with Crippen molar-refractivity contribution in [1.29, 1.82) is 0 Å². The summed E-state index contributed by atoms with van der Waals surface area (Å²) < 4.78 is 0. The molecule has 0 aromatic heterocycles. The molecule has 0 spiro atoms. The van der Waals surface area contributed by atoms with Gasteiger partial charge in [-0.15, -0.1) is 0 Å². The Morgan fingerprint density at radius 1 is 1.25 bits per heavy atom. The van der Waals surface area contributed by atoms with Crippen molar-refractivity contribution in [3.63, 3.8) is 0 Å². The van der Waals surface area contributed by atoms with Crippen LogP contribution < -0.4 is 5.32 Å². The van der Waals surface area contributed by atoms with E-state index in [1.54, 1.807) is 0 Å². The Bertz CT molecular complexity index is 500. The van der Waals surface area contributed by atoms with E-state index in [9.17, 15) is 20.2 Å². The molecule has 2 atom stereocenters. The van der Waals surface area contributed by atoms with E-state index in [0.29, 0.717) is 12.0 Å². The molecule has 110 valence electrons. The van der Waals surface area contributed by atoms with Crippen LogP contribution in [0.1, 0.15) is 25.8 Å². The molecule has 7 heteroatoms. The molecule has 1 aromatic carbocycles. The van der Waals surface area contributed by atoms with Crippen molar-refractivity contribution in [2.75, 3.05) is 7.05 Å². The van der Waals surface area contributed by atoms with Crippen LogP contribution in [0.3, 0.4) is 0 Å². The van der Waals surface area contributed by atoms with E-state index < -0.39 is 9.85 Å². The Morgan fingerprint density at radius 3 is 2.35 bits per heavy atom. The van der Waals surface area contributed by atoms with Crippen molar-refractivity contribution >= 4 is 11.4 Å². The Hall–Kier alpha value is -2.02. The van der Waals surface area contributed by atoms with Gasteiger partial charge in [-0.05, 0) is 31.9 Å². The van der Waals surface area contributed by atoms with Crippen molar-refractivity contribution in [1.82, 2.24) is 5.32 Å². The second kappa shape index (κ2) is 6.95. The number of rotatable bonds is 7. The number of hydrogen-bond donors (Lipinski definition) is 1. The maximum atomic E-state index is 11.1. The molecular formula is C13H19N3O4. The molecule has 0 aliphatic carbocycles. The van der Waals surface area contributed by atoms with Crippen molar-refractivity contribution in [2.24, 2.45) is 5.92 Å². The molecule has 0 aliphatic heterocycles. The Labute approximate surface area is 117 Å². The summed E-state index contributed by atoms with van der Waals surface area (Å²) in [6, 6.07) is 4.08. The van der Waals surface area contributed by atoms with Gasteiger partial charge in [-0.3, -0.25) is 20.2 Å². The van der Waals surface area contributed by atoms with E-state index in [4.69, 9.17) is 0 Å². The van der Waals surface area contributed by atoms with Gasteiger partial charge >= 0.3 is 0 Å². The van der Waals surface area contributed by atoms with Gasteiger partial charge in [0.25, 0.3) is 11.4 Å². The van der Waals surface area contributed by atoms with E-state index in [2.05, 4.69) is 5.32 Å². The first-order valence-corrected chi connectivity index (χ1v) is 6.49. The summed E-state index contributed by atoms with van der Waals surface area (Å²) in [4.78, 5) is 20.6. The molecule has 1 N–H and O–H groups in total. The van der Waals surface area contributed by atoms with Crippen LogP contribution in [0.5, 0.6) is 0 Å². The van der Waals surface area contributed by atoms with Gasteiger partial charge in [0.1, 0.15) is 0 Å². The minimum absolute atomic E-state index is 0.183. The van der Waals surface area contributed by atoms with Gasteiger partial charge in [0.15, 0.2) is 0 Å². The fraction of sp³-hybridized carbons (Fsp3) is 0.538. The molecular weight excluding hydrogens is 262 g/mol. The first kappa shape index (κ1) is 16.0. The molecule has 1 rings (SSSR count). The average molecular weight is 281 g/mol. The van der Waals surface area contributed by atoms with Gasteiger partial charge in [0.05, 0.1) is 15.9 Å². The quantitative estimate of drug-likeness (QED) is 0.612. The predicted octanol–water partition coefficient (Wildman–Crippen LogP) is 2.68. The molecule has 7 nitrogen and oxygen atoms in total. The van der Waals surface area contributed by atoms with Gasteiger partial charge in [-0.2, -0.15) is 0 Å². The molecule has 0 amide bonds. The summed E-state index contributed by atoms with van der Waals surface area (Å²) >= 11 is 0. The van der Waals surface area contributed by atoms with Gasteiger partial charge in [-0.25, -0.2) is 0 Å². The van der Waals surface area contributed by atoms with Gasteiger partial charge in [0, 0.05) is 17.7 Å². The van der Waals surface area contributed by atoms with E-state index >= 15 is 0 Å². The first-order chi connectivity index (χ1) is 9.40. The zero-order valence-electron chi connectivity index (χ0n) is 11.8. The van der Waals surface area contributed by atoms with Crippen molar-refractivity contribution in [3.8, 4) is 0 Å². The summed E-state index contributed by atoms with van der Waals surface area (Å²) in [6.45, 7) is 4.05. The SMILES string of the molecule is CCC(NC)C(C)Cc1ccc([N+](=O)[O-])cc1[N+](=O)[O-]. The summed E-state index contributed by atoms with van der Waals surface area (Å²) in [6.07, 6.45) is 1.42. The summed E-state index contributed by atoms with van der Waals surface area (Å²) in [5, 5.41) is 24.9. The Kier molecular flexibility index (Phi) is 5.57. The molecule has 2 unspecified atom stereocenters. The zero-order chi connectivity index (χ0) is 15.3. The lowest BCUT2D eigenvalue weighted by Crippen LogP contribution is -2.32. The second-order valence-electron chi connectivity index (χ2n) is 4.81. The smallest absolute Gasteiger partial charge is 0.279 e. The average Bonchev–Trinajstić information content (AvgIpc) is 2.39. The molecule has 1 aromatic rings. The van der Waals surface area contributed by atoms with Crippen molar-refractivity contribution < 1.29 is 9.85 Å². The third-order valence-electron chi connectivity index (χ3n) is 3.52. The number of nitrogens with one attached hydrogen (secondary N) is 1. The Morgan fingerprint density at radius 2 is 1.90 bits per heavy atom. The zero-order valence-corrected chi connectivity index (χ0v) is 11.8. The minimum Gasteiger partial charge on any atom is -0.317 e. The predicted molar refractivity (Wildman–Crippen MR) is 75.8 cm³/mol. The molecule has 0 aliphatic rings. The highest BCUT2D eigenvalue weighted by Crippen LogP contribution is 2.27. The fourth-order valence-electron chi connectivity index (χ4n) is 2.39. The van der Waals surface area contributed by atoms with Crippen LogP contribution in [0.15, 0.2) is 18.2 Å². The third-order valence-corrected chi connectivity index (χ3v) is 3.52. The lowest BCUT2D eigenvalue weighted by atomic mass is 9.91. The number of benzene rings is 1. The first-order valence-electron chi connectivity index (χ1n) is 6.49. The van der Waals surface area contributed by atoms with E-state index in [1.807, 2.05) is 20.9 Å². The van der Waals surface area contributed by atoms with Crippen LogP contribution in [0, 0.1) is 26.1 Å². The highest BCUT2D eigenvalue weighted by molar-refractivity contribution is 5.49. The third kappa shape index (κ3) is 3.74. The second-order valence-corrected chi connectivity index (χ2v) is 4.81. The van der Waals surface area contributed by atoms with E-state index in [1.165, 1.54) is 12.1 Å². The number of nitrogens with zero attached hydrogens (tertiary/aromatic N) is 2. The van der Waals surface area contributed by atoms with Crippen LogP contribution in [-0.2, 0) is 6.42 Å². The van der Waals surface area contributed by atoms with E-state index in [-0.39, 0.29) is 23.3 Å². The van der Waals surface area contributed by atoms with Crippen LogP contribution in [0.2, 0.25) is 0 Å². The topological polar surface area (TPSA) is 98.3 Å². The molecule has 0 radical (unpaired) electrons. The maximum Gasteiger partial charge on any atom is 0.279 e. The monoisotopic (exact) mass is 281 g/mol. The molecule has 0 heterocycles. The summed E-state index contributed by atoms with van der Waals surface area (Å²) in [5.41, 5.74) is 0.0903. The standard InChI is InChI=1S/C13H19N3O4/c1-4-12(14-3)9(2)7-10-5-6-11(15(17)18)8-13(10)16(19)20/h5-6,8-9,12,14H,4,7H2,1-3H3. The van der Waals surface area contributed by atoms with Gasteiger partial charge in [-0.1, -0.05) is 13.8 Å². The number of nitro benzene ring substituents is 2. The molecule has 0 saturated carbocycles. The highest BCUT2D eigenvalue weighted by atomic mass is 16.6. The summed E-state index contributed by atoms with van der Waals surface area (Å²) in [5.74, 6) is 0.199. The Balaban J connectivity index is 3.06. The molecule has 0 saturated heterocycles. The largest absolute Gasteiger partial charge is 0.317 e. The van der Waals surface area contributed by atoms with Gasteiger partial charge in [0.2, 0.25) is 0 Å². The van der Waals surface area contributed by atoms with E-state index in [0.717, 1.165) is 12.5 Å². The lowest BCUT2D eigenvalue weighted by Gasteiger charge is -2.22. The number of nitro groups is 2. The highest BCUT2D eigenvalue weighted by Gasteiger charge is 2.22. The molecule has 0 bridgehead atoms. The van der Waals surface area contributed by atoms with Crippen molar-refractivity contribution in [2.45, 2.75) is 32.7 Å². The normalized spacial score (nSPS) is 13.8. The number of hydrogen-bond acceptors (Lipinski definition) is 5. The fourth-order valence-corrected chi connectivity index (χ4v) is 2.39. The van der Waals surface area contributed by atoms with Crippen LogP contribution in [0.4, 0.5) is 11.4 Å². The van der Waals surface area contributed by atoms with Crippen molar-refractivity contribution in [3.05, 3.63) is 44.0 Å². The van der Waals surface area contributed by atoms with Crippen LogP contribution >= 0.6 is 0 Å². The summed E-state index contributed by atoms with van der Waals surface area (Å²) in [7, 11) is 1.86. The van der Waals surface area contributed by atoms with Gasteiger partial charge < -0.3 is 5.32 Å². The molecule has 20 heavy (non-hydrogen) atoms. The maximum absolute atomic E-state index is 11.1. The lowest BCUT2D eigenvalue weighted by molar-refractivity contribution is -0.394. The molecule has 0 fully saturated rings. The number of non-ortho nitro benzene ring substituents is 1. The minimum atomic E-state index is -0.622. The van der Waals surface area contributed by atoms with Crippen LogP contribution in [0.25, 0.3) is 0 Å². The van der Waals surface area contributed by atoms with Crippen LogP contribution in [-0.4, -0.2) is 22.9 Å².